The SMILES string of the molecule is O=c1nc(-c2ccc(F)cc2)nc2ccccn12. The minimum Gasteiger partial charge on any atom is -0.251 e. The second-order valence-electron chi connectivity index (χ2n) is 3.77. The van der Waals surface area contributed by atoms with E-state index < -0.39 is 5.69 Å². The lowest BCUT2D eigenvalue weighted by atomic mass is 10.2. The summed E-state index contributed by atoms with van der Waals surface area (Å²) < 4.78 is 14.2. The fourth-order valence-corrected chi connectivity index (χ4v) is 1.69. The number of aromatic nitrogens is 3. The Morgan fingerprint density at radius 3 is 2.56 bits per heavy atom. The molecule has 3 rings (SSSR count). The van der Waals surface area contributed by atoms with Crippen molar-refractivity contribution in [3.8, 4) is 11.4 Å². The fraction of sp³-hybridized carbons (Fsp3) is 0. The third kappa shape index (κ3) is 1.75. The number of halogens is 1. The Bertz CT molecular complexity index is 765. The molecule has 0 spiro atoms. The average Bonchev–Trinajstić information content (AvgIpc) is 2.39. The molecule has 0 aliphatic carbocycles. The molecule has 0 radical (unpaired) electrons. The molecule has 4 nitrogen and oxygen atoms in total. The summed E-state index contributed by atoms with van der Waals surface area (Å²) in [5, 5.41) is 0. The van der Waals surface area contributed by atoms with Crippen LogP contribution in [-0.2, 0) is 0 Å². The molecule has 0 amide bonds. The standard InChI is InChI=1S/C13H8FN3O/c14-10-6-4-9(5-7-10)12-15-11-3-1-2-8-17(11)13(18)16-12/h1-8H. The third-order valence-corrected chi connectivity index (χ3v) is 2.57. The van der Waals surface area contributed by atoms with Gasteiger partial charge in [-0.1, -0.05) is 6.07 Å². The number of hydrogen-bond acceptors (Lipinski definition) is 3. The van der Waals surface area contributed by atoms with Gasteiger partial charge in [0.1, 0.15) is 11.5 Å². The summed E-state index contributed by atoms with van der Waals surface area (Å²) in [5.41, 5.74) is 0.719. The molecule has 0 bridgehead atoms. The Balaban J connectivity index is 2.24. The Hall–Kier alpha value is -2.56. The highest BCUT2D eigenvalue weighted by Crippen LogP contribution is 2.14. The fourth-order valence-electron chi connectivity index (χ4n) is 1.69. The van der Waals surface area contributed by atoms with Crippen LogP contribution in [0.3, 0.4) is 0 Å². The Kier molecular flexibility index (Phi) is 2.37. The lowest BCUT2D eigenvalue weighted by Gasteiger charge is -2.02. The molecule has 0 saturated carbocycles. The van der Waals surface area contributed by atoms with Crippen molar-refractivity contribution in [3.05, 3.63) is 65.0 Å². The van der Waals surface area contributed by atoms with Gasteiger partial charge >= 0.3 is 5.69 Å². The summed E-state index contributed by atoms with van der Waals surface area (Å²) in [6, 6.07) is 11.0. The van der Waals surface area contributed by atoms with Crippen molar-refractivity contribution in [3.63, 3.8) is 0 Å². The smallest absolute Gasteiger partial charge is 0.251 e. The zero-order valence-electron chi connectivity index (χ0n) is 9.25. The van der Waals surface area contributed by atoms with Crippen LogP contribution in [0.1, 0.15) is 0 Å². The number of rotatable bonds is 1. The van der Waals surface area contributed by atoms with Crippen LogP contribution >= 0.6 is 0 Å². The van der Waals surface area contributed by atoms with Crippen molar-refractivity contribution in [2.24, 2.45) is 0 Å². The number of pyridine rings is 1. The highest BCUT2D eigenvalue weighted by Gasteiger charge is 2.05. The molecule has 5 heteroatoms. The molecule has 0 aliphatic rings. The minimum atomic E-state index is -0.403. The monoisotopic (exact) mass is 241 g/mol. The zero-order valence-corrected chi connectivity index (χ0v) is 9.25. The van der Waals surface area contributed by atoms with Crippen LogP contribution in [0.2, 0.25) is 0 Å². The van der Waals surface area contributed by atoms with Gasteiger partial charge in [0.05, 0.1) is 0 Å². The van der Waals surface area contributed by atoms with E-state index in [1.54, 1.807) is 36.5 Å². The quantitative estimate of drug-likeness (QED) is 0.653. The lowest BCUT2D eigenvalue weighted by Crippen LogP contribution is -2.18. The Morgan fingerprint density at radius 2 is 1.78 bits per heavy atom. The normalized spacial score (nSPS) is 10.7. The van der Waals surface area contributed by atoms with Crippen LogP contribution in [-0.4, -0.2) is 14.4 Å². The van der Waals surface area contributed by atoms with Gasteiger partial charge in [-0.25, -0.2) is 14.2 Å². The topological polar surface area (TPSA) is 47.3 Å². The first-order chi connectivity index (χ1) is 8.74. The largest absolute Gasteiger partial charge is 0.355 e. The first kappa shape index (κ1) is 10.6. The van der Waals surface area contributed by atoms with E-state index >= 15 is 0 Å². The molecule has 0 unspecified atom stereocenters. The average molecular weight is 241 g/mol. The van der Waals surface area contributed by atoms with Gasteiger partial charge in [-0.2, -0.15) is 4.98 Å². The van der Waals surface area contributed by atoms with Crippen molar-refractivity contribution in [1.82, 2.24) is 14.4 Å². The van der Waals surface area contributed by atoms with Crippen molar-refractivity contribution in [2.45, 2.75) is 0 Å². The second kappa shape index (κ2) is 4.03. The number of nitrogens with zero attached hydrogens (tertiary/aromatic N) is 3. The Morgan fingerprint density at radius 1 is 1.00 bits per heavy atom. The molecule has 2 heterocycles. The molecule has 0 N–H and O–H groups in total. The van der Waals surface area contributed by atoms with E-state index in [1.165, 1.54) is 16.5 Å². The maximum Gasteiger partial charge on any atom is 0.355 e. The highest BCUT2D eigenvalue weighted by molar-refractivity contribution is 5.57. The van der Waals surface area contributed by atoms with Crippen LogP contribution in [0.15, 0.2) is 53.5 Å². The van der Waals surface area contributed by atoms with Crippen molar-refractivity contribution >= 4 is 5.65 Å². The summed E-state index contributed by atoms with van der Waals surface area (Å²) in [6.45, 7) is 0. The summed E-state index contributed by atoms with van der Waals surface area (Å²) in [5.74, 6) is -0.0394. The predicted octanol–water partition coefficient (Wildman–Crippen LogP) is 1.90. The maximum atomic E-state index is 12.8. The summed E-state index contributed by atoms with van der Waals surface area (Å²) in [7, 11) is 0. The van der Waals surface area contributed by atoms with Crippen LogP contribution in [0.5, 0.6) is 0 Å². The van der Waals surface area contributed by atoms with Crippen LogP contribution < -0.4 is 5.69 Å². The molecule has 0 fully saturated rings. The molecule has 1 aromatic carbocycles. The molecule has 3 aromatic rings. The molecular weight excluding hydrogens is 233 g/mol. The van der Waals surface area contributed by atoms with E-state index in [2.05, 4.69) is 9.97 Å². The molecule has 0 saturated heterocycles. The van der Waals surface area contributed by atoms with E-state index in [4.69, 9.17) is 0 Å². The van der Waals surface area contributed by atoms with Gasteiger partial charge in [-0.15, -0.1) is 0 Å². The van der Waals surface area contributed by atoms with Gasteiger partial charge in [0.15, 0.2) is 5.82 Å². The molecule has 0 atom stereocenters. The zero-order chi connectivity index (χ0) is 12.5. The van der Waals surface area contributed by atoms with Crippen molar-refractivity contribution in [1.29, 1.82) is 0 Å². The summed E-state index contributed by atoms with van der Waals surface area (Å²) in [4.78, 5) is 19.9. The van der Waals surface area contributed by atoms with Gasteiger partial charge in [0.25, 0.3) is 0 Å². The summed E-state index contributed by atoms with van der Waals surface area (Å²) >= 11 is 0. The van der Waals surface area contributed by atoms with Gasteiger partial charge in [-0.05, 0) is 36.4 Å². The van der Waals surface area contributed by atoms with E-state index in [-0.39, 0.29) is 5.82 Å². The van der Waals surface area contributed by atoms with E-state index in [1.807, 2.05) is 0 Å². The van der Waals surface area contributed by atoms with E-state index in [9.17, 15) is 9.18 Å². The Labute approximate surface area is 101 Å². The first-order valence-electron chi connectivity index (χ1n) is 5.35. The first-order valence-corrected chi connectivity index (χ1v) is 5.35. The third-order valence-electron chi connectivity index (χ3n) is 2.57. The number of benzene rings is 1. The van der Waals surface area contributed by atoms with Gasteiger partial charge in [0, 0.05) is 11.8 Å². The molecule has 2 aromatic heterocycles. The van der Waals surface area contributed by atoms with Crippen molar-refractivity contribution in [2.75, 3.05) is 0 Å². The maximum absolute atomic E-state index is 12.8. The molecule has 88 valence electrons. The van der Waals surface area contributed by atoms with Crippen LogP contribution in [0, 0.1) is 5.82 Å². The summed E-state index contributed by atoms with van der Waals surface area (Å²) in [6.07, 6.45) is 1.60. The van der Waals surface area contributed by atoms with Crippen LogP contribution in [0.4, 0.5) is 4.39 Å². The predicted molar refractivity (Wildman–Crippen MR) is 64.7 cm³/mol. The van der Waals surface area contributed by atoms with Crippen molar-refractivity contribution < 1.29 is 4.39 Å². The number of hydrogen-bond donors (Lipinski definition) is 0. The number of fused-ring (bicyclic) bond motifs is 1. The molecular formula is C13H8FN3O. The van der Waals surface area contributed by atoms with Gasteiger partial charge in [0.2, 0.25) is 0 Å². The van der Waals surface area contributed by atoms with Crippen LogP contribution in [0.25, 0.3) is 17.0 Å². The van der Waals surface area contributed by atoms with Gasteiger partial charge in [-0.3, -0.25) is 4.40 Å². The minimum absolute atomic E-state index is 0.297. The molecule has 0 aliphatic heterocycles. The highest BCUT2D eigenvalue weighted by atomic mass is 19.1. The molecule has 18 heavy (non-hydrogen) atoms. The van der Waals surface area contributed by atoms with E-state index in [0.29, 0.717) is 17.0 Å². The second-order valence-corrected chi connectivity index (χ2v) is 3.77. The van der Waals surface area contributed by atoms with E-state index in [0.717, 1.165) is 0 Å². The van der Waals surface area contributed by atoms with Gasteiger partial charge < -0.3 is 0 Å². The lowest BCUT2D eigenvalue weighted by molar-refractivity contribution is 0.628.